The summed E-state index contributed by atoms with van der Waals surface area (Å²) in [5.74, 6) is 0. The lowest BCUT2D eigenvalue weighted by molar-refractivity contribution is 1.87. The highest BCUT2D eigenvalue weighted by molar-refractivity contribution is 8.39. The molecule has 46 valence electrons. The maximum atomic E-state index is 4.16. The van der Waals surface area contributed by atoms with Gasteiger partial charge < -0.3 is 0 Å². The molecule has 0 bridgehead atoms. The monoisotopic (exact) mass is 165 g/mol. The van der Waals surface area contributed by atoms with Crippen molar-refractivity contribution in [2.24, 2.45) is 4.40 Å². The number of hydrogen-bond acceptors (Lipinski definition) is 4. The first kappa shape index (κ1) is 6.83. The van der Waals surface area contributed by atoms with Crippen molar-refractivity contribution in [3.05, 3.63) is 0 Å². The molecule has 0 aromatic carbocycles. The molecule has 0 amide bonds. The maximum absolute atomic E-state index is 4.16. The molecule has 1 rings (SSSR count). The lowest BCUT2D eigenvalue weighted by Crippen LogP contribution is -1.82. The standard InChI is InChI=1S/C4H7NS3/c1-3-5-8-4(6-2)7-3/h4H,1-2H3. The van der Waals surface area contributed by atoms with Crippen LogP contribution >= 0.6 is 35.5 Å². The Morgan fingerprint density at radius 2 is 2.50 bits per heavy atom. The van der Waals surface area contributed by atoms with Crippen LogP contribution in [0.4, 0.5) is 0 Å². The van der Waals surface area contributed by atoms with E-state index in [1.807, 2.05) is 30.4 Å². The Hall–Kier alpha value is 0.720. The van der Waals surface area contributed by atoms with Gasteiger partial charge in [-0.3, -0.25) is 0 Å². The molecule has 0 saturated heterocycles. The van der Waals surface area contributed by atoms with E-state index in [1.54, 1.807) is 11.9 Å². The van der Waals surface area contributed by atoms with Crippen LogP contribution in [-0.4, -0.2) is 15.2 Å². The number of rotatable bonds is 1. The molecule has 0 radical (unpaired) electrons. The predicted molar refractivity (Wildman–Crippen MR) is 45.6 cm³/mol. The van der Waals surface area contributed by atoms with Gasteiger partial charge in [0.05, 0.1) is 5.04 Å². The molecule has 0 aliphatic carbocycles. The van der Waals surface area contributed by atoms with Crippen molar-refractivity contribution in [3.63, 3.8) is 0 Å². The van der Waals surface area contributed by atoms with E-state index in [-0.39, 0.29) is 0 Å². The Morgan fingerprint density at radius 1 is 1.75 bits per heavy atom. The Labute approximate surface area is 62.2 Å². The zero-order chi connectivity index (χ0) is 5.98. The first-order valence-corrected chi connectivity index (χ1v) is 5.23. The summed E-state index contributed by atoms with van der Waals surface area (Å²) in [6.45, 7) is 2.05. The van der Waals surface area contributed by atoms with Crippen LogP contribution in [0.2, 0.25) is 0 Å². The second-order valence-corrected chi connectivity index (χ2v) is 5.36. The van der Waals surface area contributed by atoms with Gasteiger partial charge in [0.2, 0.25) is 0 Å². The van der Waals surface area contributed by atoms with Gasteiger partial charge in [-0.05, 0) is 13.2 Å². The first-order valence-electron chi connectivity index (χ1n) is 2.23. The second-order valence-electron chi connectivity index (χ2n) is 1.36. The SMILES string of the molecule is CSC1SN=C(C)S1. The lowest BCUT2D eigenvalue weighted by Gasteiger charge is -1.97. The fraction of sp³-hybridized carbons (Fsp3) is 0.750. The quantitative estimate of drug-likeness (QED) is 0.554. The molecule has 8 heavy (non-hydrogen) atoms. The van der Waals surface area contributed by atoms with Gasteiger partial charge >= 0.3 is 0 Å². The van der Waals surface area contributed by atoms with Gasteiger partial charge in [-0.25, -0.2) is 4.40 Å². The summed E-state index contributed by atoms with van der Waals surface area (Å²) in [7, 11) is 0. The summed E-state index contributed by atoms with van der Waals surface area (Å²) < 4.78 is 4.78. The third-order valence-electron chi connectivity index (χ3n) is 0.727. The molecule has 0 N–H and O–H groups in total. The number of hydrogen-bond donors (Lipinski definition) is 0. The average molecular weight is 165 g/mol. The zero-order valence-corrected chi connectivity index (χ0v) is 7.20. The second kappa shape index (κ2) is 3.03. The Balaban J connectivity index is 2.32. The van der Waals surface area contributed by atoms with Crippen LogP contribution in [0, 0.1) is 0 Å². The fourth-order valence-electron chi connectivity index (χ4n) is 0.391. The van der Waals surface area contributed by atoms with Crippen molar-refractivity contribution in [1.29, 1.82) is 0 Å². The predicted octanol–water partition coefficient (Wildman–Crippen LogP) is 2.45. The molecule has 0 fully saturated rings. The molecule has 1 aliphatic heterocycles. The van der Waals surface area contributed by atoms with Gasteiger partial charge in [0.1, 0.15) is 3.91 Å². The van der Waals surface area contributed by atoms with Crippen molar-refractivity contribution >= 4 is 40.5 Å². The minimum atomic E-state index is 0.620. The van der Waals surface area contributed by atoms with Crippen LogP contribution in [0.25, 0.3) is 0 Å². The molecule has 1 atom stereocenters. The van der Waals surface area contributed by atoms with E-state index in [0.717, 1.165) is 0 Å². The van der Waals surface area contributed by atoms with E-state index in [4.69, 9.17) is 0 Å². The van der Waals surface area contributed by atoms with Crippen molar-refractivity contribution in [3.8, 4) is 0 Å². The van der Waals surface area contributed by atoms with Crippen LogP contribution in [0.15, 0.2) is 4.40 Å². The summed E-state index contributed by atoms with van der Waals surface area (Å²) in [6.07, 6.45) is 2.11. The molecule has 1 nitrogen and oxygen atoms in total. The molecule has 1 unspecified atom stereocenters. The lowest BCUT2D eigenvalue weighted by atomic mass is 10.9. The summed E-state index contributed by atoms with van der Waals surface area (Å²) in [6, 6.07) is 0. The summed E-state index contributed by atoms with van der Waals surface area (Å²) in [4.78, 5) is 0. The highest BCUT2D eigenvalue weighted by atomic mass is 32.3. The van der Waals surface area contributed by atoms with Gasteiger partial charge in [-0.15, -0.1) is 11.8 Å². The van der Waals surface area contributed by atoms with E-state index in [2.05, 4.69) is 10.7 Å². The van der Waals surface area contributed by atoms with E-state index in [1.165, 1.54) is 5.04 Å². The van der Waals surface area contributed by atoms with Crippen molar-refractivity contribution in [2.45, 2.75) is 10.8 Å². The average Bonchev–Trinajstić information content (AvgIpc) is 2.14. The molecule has 0 saturated carbocycles. The normalized spacial score (nSPS) is 28.2. The molecule has 4 heteroatoms. The number of thioether (sulfide) groups is 2. The minimum absolute atomic E-state index is 0.620. The number of nitrogens with zero attached hydrogens (tertiary/aromatic N) is 1. The van der Waals surface area contributed by atoms with Crippen molar-refractivity contribution < 1.29 is 0 Å². The van der Waals surface area contributed by atoms with E-state index >= 15 is 0 Å². The van der Waals surface area contributed by atoms with Gasteiger partial charge in [-0.1, -0.05) is 11.8 Å². The summed E-state index contributed by atoms with van der Waals surface area (Å²) >= 11 is 5.35. The third-order valence-corrected chi connectivity index (χ3v) is 4.65. The summed E-state index contributed by atoms with van der Waals surface area (Å²) in [5, 5.41) is 1.20. The van der Waals surface area contributed by atoms with E-state index in [9.17, 15) is 0 Å². The van der Waals surface area contributed by atoms with Gasteiger partial charge in [0, 0.05) is 11.9 Å². The zero-order valence-electron chi connectivity index (χ0n) is 4.75. The Bertz CT molecular complexity index is 112. The minimum Gasteiger partial charge on any atom is -0.212 e. The van der Waals surface area contributed by atoms with Crippen molar-refractivity contribution in [1.82, 2.24) is 0 Å². The third kappa shape index (κ3) is 1.60. The Morgan fingerprint density at radius 3 is 2.75 bits per heavy atom. The van der Waals surface area contributed by atoms with Gasteiger partial charge in [-0.2, -0.15) is 0 Å². The van der Waals surface area contributed by atoms with E-state index < -0.39 is 0 Å². The first-order chi connectivity index (χ1) is 3.83. The van der Waals surface area contributed by atoms with Crippen molar-refractivity contribution in [2.75, 3.05) is 6.26 Å². The highest BCUT2D eigenvalue weighted by Gasteiger charge is 2.15. The van der Waals surface area contributed by atoms with Crippen LogP contribution in [0.3, 0.4) is 0 Å². The molecular formula is C4H7NS3. The topological polar surface area (TPSA) is 12.4 Å². The van der Waals surface area contributed by atoms with Gasteiger partial charge in [0.15, 0.2) is 0 Å². The molecular weight excluding hydrogens is 158 g/mol. The molecule has 0 spiro atoms. The summed E-state index contributed by atoms with van der Waals surface area (Å²) in [5.41, 5.74) is 0. The molecule has 0 aromatic heterocycles. The fourth-order valence-corrected chi connectivity index (χ4v) is 3.20. The largest absolute Gasteiger partial charge is 0.212 e. The molecule has 0 aromatic rings. The van der Waals surface area contributed by atoms with E-state index in [0.29, 0.717) is 3.91 Å². The van der Waals surface area contributed by atoms with Crippen LogP contribution in [-0.2, 0) is 0 Å². The smallest absolute Gasteiger partial charge is 0.123 e. The van der Waals surface area contributed by atoms with Crippen LogP contribution in [0.1, 0.15) is 6.92 Å². The maximum Gasteiger partial charge on any atom is 0.123 e. The highest BCUT2D eigenvalue weighted by Crippen LogP contribution is 2.39. The van der Waals surface area contributed by atoms with Crippen LogP contribution < -0.4 is 0 Å². The molecule has 1 aliphatic rings. The van der Waals surface area contributed by atoms with Crippen LogP contribution in [0.5, 0.6) is 0 Å². The Kier molecular flexibility index (Phi) is 2.59. The van der Waals surface area contributed by atoms with Gasteiger partial charge in [0.25, 0.3) is 0 Å². The molecule has 1 heterocycles.